The topological polar surface area (TPSA) is 0 Å². The van der Waals surface area contributed by atoms with Gasteiger partial charge in [0, 0.05) is 0 Å². The van der Waals surface area contributed by atoms with Gasteiger partial charge in [0.15, 0.2) is 0 Å². The molecule has 6 saturated carbocycles. The number of hydrogen-bond donors (Lipinski definition) is 0. The fourth-order valence-electron chi connectivity index (χ4n) is 6.86. The Balaban J connectivity index is 0.000000800. The fraction of sp³-hybridized carbons (Fsp3) is 1.00. The third-order valence-corrected chi connectivity index (χ3v) is 7.24. The van der Waals surface area contributed by atoms with Gasteiger partial charge in [0.25, 0.3) is 0 Å². The molecular weight excluding hydrogens is 223 g/mol. The van der Waals surface area contributed by atoms with Gasteiger partial charge in [-0.25, -0.2) is 0 Å². The Morgan fingerprint density at radius 3 is 1.53 bits per heavy atom. The number of rotatable bonds is 2. The summed E-state index contributed by atoms with van der Waals surface area (Å²) < 4.78 is 0. The molecule has 0 heterocycles. The molecule has 0 saturated heterocycles. The molecule has 0 amide bonds. The van der Waals surface area contributed by atoms with E-state index in [0.717, 1.165) is 10.8 Å². The molecule has 6 aliphatic carbocycles. The summed E-state index contributed by atoms with van der Waals surface area (Å²) in [6, 6.07) is 0. The van der Waals surface area contributed by atoms with Crippen LogP contribution in [0.25, 0.3) is 0 Å². The highest BCUT2D eigenvalue weighted by Crippen LogP contribution is 2.78. The predicted octanol–water partition coefficient (Wildman–Crippen LogP) is 4.45. The lowest BCUT2D eigenvalue weighted by atomic mass is 9.45. The lowest BCUT2D eigenvalue weighted by molar-refractivity contribution is -0.103. The van der Waals surface area contributed by atoms with Gasteiger partial charge in [0.05, 0.1) is 0 Å². The average molecular weight is 250 g/mol. The monoisotopic (exact) mass is 250 g/mol. The van der Waals surface area contributed by atoms with E-state index in [2.05, 4.69) is 0 Å². The smallest absolute Gasteiger partial charge is 0.0212 e. The summed E-state index contributed by atoms with van der Waals surface area (Å²) in [5.74, 6) is 4.70. The van der Waals surface area contributed by atoms with E-state index >= 15 is 0 Å². The summed E-state index contributed by atoms with van der Waals surface area (Å²) in [6.45, 7) is 0. The highest BCUT2D eigenvalue weighted by Gasteiger charge is 2.68. The summed E-state index contributed by atoms with van der Waals surface area (Å²) in [5.41, 5.74) is 1.81. The molecule has 96 valence electrons. The maximum absolute atomic E-state index is 1.66. The molecule has 1 unspecified atom stereocenters. The second-order valence-electron chi connectivity index (χ2n) is 8.13. The maximum atomic E-state index is 1.66. The zero-order valence-electron chi connectivity index (χ0n) is 11.1. The molecule has 0 radical (unpaired) electrons. The van der Waals surface area contributed by atoms with Gasteiger partial charge in [-0.15, -0.1) is 0 Å². The largest absolute Gasteiger partial charge is 0.153 e. The minimum Gasteiger partial charge on any atom is -0.153 e. The first-order valence-electron chi connectivity index (χ1n) is 7.80. The van der Waals surface area contributed by atoms with Crippen molar-refractivity contribution in [2.45, 2.75) is 64.2 Å². The lowest BCUT2D eigenvalue weighted by Crippen LogP contribution is -2.51. The van der Waals surface area contributed by atoms with Gasteiger partial charge >= 0.3 is 0 Å². The van der Waals surface area contributed by atoms with Crippen LogP contribution in [0.4, 0.5) is 0 Å². The molecule has 0 N–H and O–H groups in total. The van der Waals surface area contributed by atoms with Gasteiger partial charge in [-0.2, -0.15) is 9.90 Å². The molecule has 0 aromatic carbocycles. The Morgan fingerprint density at radius 2 is 1.18 bits per heavy atom. The SMILES string of the molecule is C1C2CC3CC1CC(C1(C4CC4)CC1)(C2)C3.P. The van der Waals surface area contributed by atoms with Crippen LogP contribution in [0.2, 0.25) is 0 Å². The molecule has 4 bridgehead atoms. The third kappa shape index (κ3) is 1.35. The van der Waals surface area contributed by atoms with Crippen molar-refractivity contribution in [3.05, 3.63) is 0 Å². The number of hydrogen-bond acceptors (Lipinski definition) is 0. The summed E-state index contributed by atoms with van der Waals surface area (Å²) in [6.07, 6.45) is 16.3. The van der Waals surface area contributed by atoms with Gasteiger partial charge in [-0.05, 0) is 98.7 Å². The van der Waals surface area contributed by atoms with Gasteiger partial charge < -0.3 is 0 Å². The summed E-state index contributed by atoms with van der Waals surface area (Å²) in [7, 11) is 0. The molecule has 0 aromatic heterocycles. The van der Waals surface area contributed by atoms with E-state index in [-0.39, 0.29) is 9.90 Å². The fourth-order valence-corrected chi connectivity index (χ4v) is 6.86. The van der Waals surface area contributed by atoms with Crippen molar-refractivity contribution in [1.82, 2.24) is 0 Å². The summed E-state index contributed by atoms with van der Waals surface area (Å²) in [5, 5.41) is 0. The summed E-state index contributed by atoms with van der Waals surface area (Å²) in [4.78, 5) is 0. The van der Waals surface area contributed by atoms with E-state index in [9.17, 15) is 0 Å². The molecule has 6 fully saturated rings. The van der Waals surface area contributed by atoms with Crippen LogP contribution in [0, 0.1) is 34.5 Å². The Bertz CT molecular complexity index is 302. The standard InChI is InChI=1S/C16H24.H3P/c1-2-14(1)16(3-4-16)15-8-11-5-12(9-15)7-13(6-11)10-15;/h11-14H,1-10H2;1H3. The van der Waals surface area contributed by atoms with Crippen LogP contribution in [0.3, 0.4) is 0 Å². The molecular formula is C16H27P. The second-order valence-corrected chi connectivity index (χ2v) is 8.13. The van der Waals surface area contributed by atoms with Gasteiger partial charge in [-0.3, -0.25) is 0 Å². The Kier molecular flexibility index (Phi) is 2.19. The molecule has 0 aliphatic heterocycles. The first kappa shape index (κ1) is 11.3. The van der Waals surface area contributed by atoms with Crippen LogP contribution >= 0.6 is 9.90 Å². The average Bonchev–Trinajstić information content (AvgIpc) is 3.10. The van der Waals surface area contributed by atoms with Crippen LogP contribution in [0.1, 0.15) is 64.2 Å². The van der Waals surface area contributed by atoms with E-state index in [1.165, 1.54) is 23.7 Å². The molecule has 6 aliphatic rings. The van der Waals surface area contributed by atoms with Crippen LogP contribution in [0.5, 0.6) is 0 Å². The van der Waals surface area contributed by atoms with E-state index in [1.807, 2.05) is 0 Å². The van der Waals surface area contributed by atoms with Crippen molar-refractivity contribution in [2.24, 2.45) is 34.5 Å². The van der Waals surface area contributed by atoms with Crippen molar-refractivity contribution < 1.29 is 0 Å². The zero-order valence-corrected chi connectivity index (χ0v) is 12.5. The van der Waals surface area contributed by atoms with Crippen molar-refractivity contribution in [2.75, 3.05) is 0 Å². The first-order valence-corrected chi connectivity index (χ1v) is 7.80. The van der Waals surface area contributed by atoms with Crippen molar-refractivity contribution >= 4 is 9.90 Å². The second kappa shape index (κ2) is 3.30. The van der Waals surface area contributed by atoms with Crippen molar-refractivity contribution in [1.29, 1.82) is 0 Å². The van der Waals surface area contributed by atoms with Gasteiger partial charge in [0.2, 0.25) is 0 Å². The molecule has 6 rings (SSSR count). The van der Waals surface area contributed by atoms with Gasteiger partial charge in [0.1, 0.15) is 0 Å². The van der Waals surface area contributed by atoms with Crippen molar-refractivity contribution in [3.8, 4) is 0 Å². The molecule has 1 heteroatoms. The van der Waals surface area contributed by atoms with Crippen LogP contribution in [-0.4, -0.2) is 0 Å². The Hall–Kier alpha value is 0.430. The third-order valence-electron chi connectivity index (χ3n) is 7.24. The minimum atomic E-state index is 0. The van der Waals surface area contributed by atoms with Crippen molar-refractivity contribution in [3.63, 3.8) is 0 Å². The van der Waals surface area contributed by atoms with Crippen LogP contribution in [-0.2, 0) is 0 Å². The maximum Gasteiger partial charge on any atom is -0.0212 e. The molecule has 17 heavy (non-hydrogen) atoms. The molecule has 1 atom stereocenters. The predicted molar refractivity (Wildman–Crippen MR) is 76.1 cm³/mol. The van der Waals surface area contributed by atoms with E-state index in [0.29, 0.717) is 0 Å². The zero-order chi connectivity index (χ0) is 10.4. The van der Waals surface area contributed by atoms with Crippen LogP contribution < -0.4 is 0 Å². The molecule has 0 nitrogen and oxygen atoms in total. The normalized spacial score (nSPS) is 53.3. The van der Waals surface area contributed by atoms with E-state index in [1.54, 1.807) is 64.2 Å². The highest BCUT2D eigenvalue weighted by molar-refractivity contribution is 6.92. The van der Waals surface area contributed by atoms with Crippen LogP contribution in [0.15, 0.2) is 0 Å². The van der Waals surface area contributed by atoms with E-state index in [4.69, 9.17) is 0 Å². The first-order chi connectivity index (χ1) is 7.80. The molecule has 0 spiro atoms. The molecule has 0 aromatic rings. The van der Waals surface area contributed by atoms with Gasteiger partial charge in [-0.1, -0.05) is 0 Å². The highest BCUT2D eigenvalue weighted by atomic mass is 31.0. The lowest BCUT2D eigenvalue weighted by Gasteiger charge is -2.60. The van der Waals surface area contributed by atoms with E-state index < -0.39 is 0 Å². The Morgan fingerprint density at radius 1 is 0.706 bits per heavy atom. The Labute approximate surface area is 109 Å². The quantitative estimate of drug-likeness (QED) is 0.635. The minimum absolute atomic E-state index is 0. The summed E-state index contributed by atoms with van der Waals surface area (Å²) >= 11 is 0.